The smallest absolute Gasteiger partial charge is 0.407 e. The van der Waals surface area contributed by atoms with Crippen LogP contribution in [0.25, 0.3) is 11.1 Å². The van der Waals surface area contributed by atoms with E-state index in [4.69, 9.17) is 9.84 Å². The molecule has 2 aromatic rings. The molecule has 2 atom stereocenters. The van der Waals surface area contributed by atoms with E-state index in [9.17, 15) is 14.4 Å². The molecule has 3 rings (SSSR count). The van der Waals surface area contributed by atoms with Gasteiger partial charge in [0.1, 0.15) is 12.6 Å². The zero-order valence-electron chi connectivity index (χ0n) is 19.3. The Balaban J connectivity index is 1.64. The Labute approximate surface area is 194 Å². The molecule has 0 bridgehead atoms. The van der Waals surface area contributed by atoms with Crippen LogP contribution in [-0.4, -0.2) is 41.8 Å². The molecule has 1 aliphatic carbocycles. The second-order valence-electron chi connectivity index (χ2n) is 8.78. The lowest BCUT2D eigenvalue weighted by Gasteiger charge is -2.25. The number of ether oxygens (including phenoxy) is 1. The van der Waals surface area contributed by atoms with E-state index in [0.717, 1.165) is 28.7 Å². The lowest BCUT2D eigenvalue weighted by Crippen LogP contribution is -2.52. The molecule has 7 nitrogen and oxygen atoms in total. The van der Waals surface area contributed by atoms with E-state index in [-0.39, 0.29) is 24.9 Å². The lowest BCUT2D eigenvalue weighted by atomic mass is 9.98. The van der Waals surface area contributed by atoms with E-state index in [1.807, 2.05) is 57.2 Å². The van der Waals surface area contributed by atoms with Gasteiger partial charge in [0.25, 0.3) is 0 Å². The van der Waals surface area contributed by atoms with Crippen molar-refractivity contribution >= 4 is 18.0 Å². The first kappa shape index (κ1) is 24.3. The number of nitrogens with one attached hydrogen (secondary N) is 2. The van der Waals surface area contributed by atoms with Crippen molar-refractivity contribution in [2.24, 2.45) is 5.92 Å². The van der Waals surface area contributed by atoms with Crippen molar-refractivity contribution in [2.45, 2.75) is 58.0 Å². The van der Waals surface area contributed by atoms with Gasteiger partial charge in [0.05, 0.1) is 6.42 Å². The van der Waals surface area contributed by atoms with Crippen LogP contribution in [0.3, 0.4) is 0 Å². The van der Waals surface area contributed by atoms with Crippen molar-refractivity contribution in [2.75, 3.05) is 6.61 Å². The van der Waals surface area contributed by atoms with Crippen LogP contribution in [-0.2, 0) is 14.3 Å². The number of rotatable bonds is 10. The number of benzene rings is 2. The molecule has 1 aliphatic rings. The van der Waals surface area contributed by atoms with Crippen molar-refractivity contribution < 1.29 is 24.2 Å². The molecule has 2 aromatic carbocycles. The quantitative estimate of drug-likeness (QED) is 0.498. The maximum Gasteiger partial charge on any atom is 0.407 e. The van der Waals surface area contributed by atoms with Gasteiger partial charge >= 0.3 is 12.1 Å². The zero-order chi connectivity index (χ0) is 24.0. The van der Waals surface area contributed by atoms with E-state index in [1.54, 1.807) is 0 Å². The van der Waals surface area contributed by atoms with Crippen LogP contribution in [0.1, 0.15) is 57.1 Å². The molecule has 0 aromatic heterocycles. The minimum Gasteiger partial charge on any atom is -0.481 e. The molecular weight excluding hydrogens is 420 g/mol. The van der Waals surface area contributed by atoms with E-state index in [1.165, 1.54) is 0 Å². The highest BCUT2D eigenvalue weighted by Crippen LogP contribution is 2.44. The summed E-state index contributed by atoms with van der Waals surface area (Å²) in [5.41, 5.74) is 4.50. The first-order valence-corrected chi connectivity index (χ1v) is 11.5. The topological polar surface area (TPSA) is 105 Å². The van der Waals surface area contributed by atoms with Gasteiger partial charge in [0.15, 0.2) is 0 Å². The van der Waals surface area contributed by atoms with Crippen LogP contribution in [0, 0.1) is 5.92 Å². The Morgan fingerprint density at radius 3 is 2.06 bits per heavy atom. The number of amides is 2. The molecule has 2 amide bonds. The van der Waals surface area contributed by atoms with Crippen LogP contribution < -0.4 is 10.6 Å². The van der Waals surface area contributed by atoms with Gasteiger partial charge in [-0.15, -0.1) is 0 Å². The van der Waals surface area contributed by atoms with Gasteiger partial charge in [-0.05, 0) is 34.6 Å². The second kappa shape index (κ2) is 11.0. The normalized spacial score (nSPS) is 14.2. The average molecular weight is 453 g/mol. The van der Waals surface area contributed by atoms with Crippen LogP contribution in [0.15, 0.2) is 48.5 Å². The maximum atomic E-state index is 12.8. The first-order chi connectivity index (χ1) is 15.8. The predicted molar refractivity (Wildman–Crippen MR) is 126 cm³/mol. The van der Waals surface area contributed by atoms with Crippen molar-refractivity contribution in [1.82, 2.24) is 10.6 Å². The van der Waals surface area contributed by atoms with Gasteiger partial charge < -0.3 is 20.5 Å². The van der Waals surface area contributed by atoms with Crippen molar-refractivity contribution in [3.05, 3.63) is 59.7 Å². The highest BCUT2D eigenvalue weighted by atomic mass is 16.5. The molecule has 0 fully saturated rings. The van der Waals surface area contributed by atoms with Crippen LogP contribution in [0.2, 0.25) is 0 Å². The lowest BCUT2D eigenvalue weighted by molar-refractivity contribution is -0.137. The number of aliphatic carboxylic acids is 1. The first-order valence-electron chi connectivity index (χ1n) is 11.5. The van der Waals surface area contributed by atoms with Gasteiger partial charge in [0, 0.05) is 12.0 Å². The largest absolute Gasteiger partial charge is 0.481 e. The Morgan fingerprint density at radius 2 is 1.55 bits per heavy atom. The van der Waals surface area contributed by atoms with Crippen molar-refractivity contribution in [1.29, 1.82) is 0 Å². The molecule has 0 radical (unpaired) electrons. The molecule has 176 valence electrons. The molecule has 0 spiro atoms. The summed E-state index contributed by atoms with van der Waals surface area (Å²) in [7, 11) is 0. The highest BCUT2D eigenvalue weighted by molar-refractivity contribution is 5.86. The Bertz CT molecular complexity index is 958. The fourth-order valence-electron chi connectivity index (χ4n) is 4.38. The Morgan fingerprint density at radius 1 is 0.970 bits per heavy atom. The number of carboxylic acid groups (broad SMARTS) is 1. The standard InChI is InChI=1S/C26H32N2O5/c1-4-9-17(14-23(29)30)27-25(31)24(16(2)3)28-26(32)33-15-22-20-12-7-5-10-18(20)19-11-6-8-13-21(19)22/h5-8,10-13,16-17,22,24H,4,9,14-15H2,1-3H3,(H,27,31)(H,28,32)(H,29,30)/t17-,24?/m1/s1. The number of hydrogen-bond acceptors (Lipinski definition) is 4. The number of carbonyl (C=O) groups excluding carboxylic acids is 2. The predicted octanol–water partition coefficient (Wildman–Crippen LogP) is 4.31. The molecule has 0 aliphatic heterocycles. The molecule has 7 heteroatoms. The molecule has 0 heterocycles. The third-order valence-electron chi connectivity index (χ3n) is 5.97. The molecular formula is C26H32N2O5. The Hall–Kier alpha value is -3.35. The summed E-state index contributed by atoms with van der Waals surface area (Å²) in [6, 6.07) is 14.8. The van der Waals surface area contributed by atoms with Crippen molar-refractivity contribution in [3.8, 4) is 11.1 Å². The highest BCUT2D eigenvalue weighted by Gasteiger charge is 2.31. The number of carboxylic acids is 1. The SMILES string of the molecule is CCC[C@H](CC(=O)O)NC(=O)C(NC(=O)OCC1c2ccccc2-c2ccccc21)C(C)C. The second-order valence-corrected chi connectivity index (χ2v) is 8.78. The summed E-state index contributed by atoms with van der Waals surface area (Å²) in [5.74, 6) is -1.64. The van der Waals surface area contributed by atoms with Crippen LogP contribution in [0.4, 0.5) is 4.79 Å². The van der Waals surface area contributed by atoms with E-state index in [2.05, 4.69) is 22.8 Å². The summed E-state index contributed by atoms with van der Waals surface area (Å²) in [5, 5.41) is 14.5. The Kier molecular flexibility index (Phi) is 8.09. The minimum atomic E-state index is -0.973. The molecule has 3 N–H and O–H groups in total. The average Bonchev–Trinajstić information content (AvgIpc) is 3.09. The summed E-state index contributed by atoms with van der Waals surface area (Å²) >= 11 is 0. The molecule has 33 heavy (non-hydrogen) atoms. The van der Waals surface area contributed by atoms with Crippen LogP contribution in [0.5, 0.6) is 0 Å². The number of hydrogen-bond donors (Lipinski definition) is 3. The summed E-state index contributed by atoms with van der Waals surface area (Å²) in [6.07, 6.45) is 0.462. The van der Waals surface area contributed by atoms with E-state index >= 15 is 0 Å². The van der Waals surface area contributed by atoms with Gasteiger partial charge in [-0.25, -0.2) is 4.79 Å². The summed E-state index contributed by atoms with van der Waals surface area (Å²) in [4.78, 5) is 36.5. The van der Waals surface area contributed by atoms with Gasteiger partial charge in [-0.2, -0.15) is 0 Å². The molecule has 0 saturated carbocycles. The number of fused-ring (bicyclic) bond motifs is 3. The van der Waals surface area contributed by atoms with E-state index in [0.29, 0.717) is 6.42 Å². The fourth-order valence-corrected chi connectivity index (χ4v) is 4.38. The fraction of sp³-hybridized carbons (Fsp3) is 0.423. The minimum absolute atomic E-state index is 0.0704. The van der Waals surface area contributed by atoms with E-state index < -0.39 is 30.1 Å². The van der Waals surface area contributed by atoms with Gasteiger partial charge in [-0.3, -0.25) is 9.59 Å². The summed E-state index contributed by atoms with van der Waals surface area (Å²) in [6.45, 7) is 5.72. The molecule has 1 unspecified atom stereocenters. The van der Waals surface area contributed by atoms with Crippen LogP contribution >= 0.6 is 0 Å². The maximum absolute atomic E-state index is 12.8. The zero-order valence-corrected chi connectivity index (χ0v) is 19.3. The molecule has 0 saturated heterocycles. The van der Waals surface area contributed by atoms with Crippen molar-refractivity contribution in [3.63, 3.8) is 0 Å². The van der Waals surface area contributed by atoms with Gasteiger partial charge in [0.2, 0.25) is 5.91 Å². The number of alkyl carbamates (subject to hydrolysis) is 1. The third kappa shape index (κ3) is 5.92. The number of carbonyl (C=O) groups is 3. The summed E-state index contributed by atoms with van der Waals surface area (Å²) < 4.78 is 5.56. The monoisotopic (exact) mass is 452 g/mol. The third-order valence-corrected chi connectivity index (χ3v) is 5.97. The van der Waals surface area contributed by atoms with Gasteiger partial charge in [-0.1, -0.05) is 75.7 Å².